The zero-order valence-electron chi connectivity index (χ0n) is 11.9. The number of alkyl halides is 2. The second-order valence-electron chi connectivity index (χ2n) is 4.99. The molecule has 2 amide bonds. The number of nitrogens with one attached hydrogen (secondary N) is 2. The van der Waals surface area contributed by atoms with Crippen LogP contribution in [0.25, 0.3) is 0 Å². The lowest BCUT2D eigenvalue weighted by Gasteiger charge is -2.16. The predicted molar refractivity (Wildman–Crippen MR) is 73.6 cm³/mol. The van der Waals surface area contributed by atoms with E-state index in [0.717, 1.165) is 31.0 Å². The molecule has 0 aromatic heterocycles. The van der Waals surface area contributed by atoms with E-state index in [9.17, 15) is 18.0 Å². The van der Waals surface area contributed by atoms with Crippen LogP contribution in [-0.2, 0) is 4.74 Å². The van der Waals surface area contributed by atoms with Gasteiger partial charge in [0.05, 0.1) is 11.8 Å². The van der Waals surface area contributed by atoms with Gasteiger partial charge in [0, 0.05) is 19.2 Å². The number of carbonyl (C=O) groups excluding carboxylic acids is 1. The lowest BCUT2D eigenvalue weighted by atomic mass is 10.2. The molecule has 1 aliphatic rings. The molecule has 0 heterocycles. The molecule has 2 N–H and O–H groups in total. The van der Waals surface area contributed by atoms with E-state index in [4.69, 9.17) is 4.74 Å². The van der Waals surface area contributed by atoms with Gasteiger partial charge < -0.3 is 20.1 Å². The fraction of sp³-hybridized carbons (Fsp3) is 0.500. The van der Waals surface area contributed by atoms with Crippen molar-refractivity contribution in [3.63, 3.8) is 0 Å². The molecule has 2 rings (SSSR count). The van der Waals surface area contributed by atoms with E-state index >= 15 is 0 Å². The van der Waals surface area contributed by atoms with Crippen molar-refractivity contribution in [1.82, 2.24) is 5.32 Å². The van der Waals surface area contributed by atoms with Gasteiger partial charge in [0.15, 0.2) is 0 Å². The maximum atomic E-state index is 13.2. The first-order valence-electron chi connectivity index (χ1n) is 6.82. The van der Waals surface area contributed by atoms with Crippen molar-refractivity contribution < 1.29 is 27.4 Å². The first-order chi connectivity index (χ1) is 10.5. The maximum Gasteiger partial charge on any atom is 0.387 e. The predicted octanol–water partition coefficient (Wildman–Crippen LogP) is 3.12. The number of carbonyl (C=O) groups is 1. The number of anilines is 1. The topological polar surface area (TPSA) is 59.6 Å². The van der Waals surface area contributed by atoms with Crippen molar-refractivity contribution >= 4 is 11.7 Å². The number of urea groups is 1. The van der Waals surface area contributed by atoms with Crippen molar-refractivity contribution in [1.29, 1.82) is 0 Å². The summed E-state index contributed by atoms with van der Waals surface area (Å²) in [6, 6.07) is 2.25. The summed E-state index contributed by atoms with van der Waals surface area (Å²) < 4.78 is 47.2. The van der Waals surface area contributed by atoms with Gasteiger partial charge in [0.1, 0.15) is 11.6 Å². The normalized spacial score (nSPS) is 21.0. The average molecular weight is 318 g/mol. The van der Waals surface area contributed by atoms with Crippen LogP contribution in [-0.4, -0.2) is 31.9 Å². The van der Waals surface area contributed by atoms with E-state index in [2.05, 4.69) is 15.4 Å². The van der Waals surface area contributed by atoms with Gasteiger partial charge in [-0.25, -0.2) is 9.18 Å². The maximum absolute atomic E-state index is 13.2. The van der Waals surface area contributed by atoms with Crippen LogP contribution in [0.15, 0.2) is 18.2 Å². The Labute approximate surface area is 125 Å². The number of hydrogen-bond donors (Lipinski definition) is 2. The summed E-state index contributed by atoms with van der Waals surface area (Å²) in [6.45, 7) is -3.06. The Morgan fingerprint density at radius 3 is 2.77 bits per heavy atom. The van der Waals surface area contributed by atoms with E-state index in [1.807, 2.05) is 0 Å². The number of hydrogen-bond acceptors (Lipinski definition) is 3. The molecule has 22 heavy (non-hydrogen) atoms. The Kier molecular flexibility index (Phi) is 5.48. The SMILES string of the molecule is CO[C@H]1CC[C@@H](NC(=O)Nc2cc(F)ccc2OC(F)F)C1. The highest BCUT2D eigenvalue weighted by Gasteiger charge is 2.26. The molecule has 1 fully saturated rings. The van der Waals surface area contributed by atoms with Gasteiger partial charge in [-0.05, 0) is 31.4 Å². The summed E-state index contributed by atoms with van der Waals surface area (Å²) in [7, 11) is 1.60. The Morgan fingerprint density at radius 2 is 2.14 bits per heavy atom. The molecular formula is C14H17F3N2O3. The van der Waals surface area contributed by atoms with Crippen LogP contribution < -0.4 is 15.4 Å². The van der Waals surface area contributed by atoms with Gasteiger partial charge in [-0.3, -0.25) is 0 Å². The van der Waals surface area contributed by atoms with Crippen LogP contribution in [0.4, 0.5) is 23.7 Å². The number of benzene rings is 1. The Morgan fingerprint density at radius 1 is 1.36 bits per heavy atom. The van der Waals surface area contributed by atoms with E-state index in [1.165, 1.54) is 0 Å². The molecular weight excluding hydrogens is 301 g/mol. The molecule has 5 nitrogen and oxygen atoms in total. The molecule has 1 saturated carbocycles. The zero-order chi connectivity index (χ0) is 16.1. The molecule has 8 heteroatoms. The van der Waals surface area contributed by atoms with Crippen molar-refractivity contribution in [2.45, 2.75) is 38.0 Å². The smallest absolute Gasteiger partial charge is 0.387 e. The van der Waals surface area contributed by atoms with Crippen LogP contribution in [0.3, 0.4) is 0 Å². The first-order valence-corrected chi connectivity index (χ1v) is 6.82. The second-order valence-corrected chi connectivity index (χ2v) is 4.99. The second kappa shape index (κ2) is 7.35. The van der Waals surface area contributed by atoms with Crippen LogP contribution in [0.5, 0.6) is 5.75 Å². The minimum absolute atomic E-state index is 0.0713. The highest BCUT2D eigenvalue weighted by Crippen LogP contribution is 2.27. The third-order valence-corrected chi connectivity index (χ3v) is 3.46. The number of ether oxygens (including phenoxy) is 2. The summed E-state index contributed by atoms with van der Waals surface area (Å²) in [5.41, 5.74) is -0.154. The molecule has 0 spiro atoms. The standard InChI is InChI=1S/C14H17F3N2O3/c1-21-10-4-3-9(7-10)18-14(20)19-11-6-8(15)2-5-12(11)22-13(16)17/h2,5-6,9-10,13H,3-4,7H2,1H3,(H2,18,19,20)/t9-,10+/m1/s1. The fourth-order valence-corrected chi connectivity index (χ4v) is 2.43. The molecule has 0 saturated heterocycles. The van der Waals surface area contributed by atoms with Gasteiger partial charge in [0.25, 0.3) is 0 Å². The van der Waals surface area contributed by atoms with Crippen molar-refractivity contribution in [2.24, 2.45) is 0 Å². The molecule has 0 bridgehead atoms. The largest absolute Gasteiger partial charge is 0.433 e. The minimum atomic E-state index is -3.06. The molecule has 0 radical (unpaired) electrons. The van der Waals surface area contributed by atoms with E-state index < -0.39 is 18.5 Å². The van der Waals surface area contributed by atoms with Crippen molar-refractivity contribution in [3.05, 3.63) is 24.0 Å². The molecule has 1 aromatic rings. The number of halogens is 3. The number of methoxy groups -OCH3 is 1. The van der Waals surface area contributed by atoms with Crippen LogP contribution >= 0.6 is 0 Å². The Balaban J connectivity index is 1.97. The summed E-state index contributed by atoms with van der Waals surface area (Å²) >= 11 is 0. The van der Waals surface area contributed by atoms with Gasteiger partial charge in [-0.15, -0.1) is 0 Å². The summed E-state index contributed by atoms with van der Waals surface area (Å²) in [6.07, 6.45) is 2.36. The summed E-state index contributed by atoms with van der Waals surface area (Å²) in [4.78, 5) is 11.9. The van der Waals surface area contributed by atoms with Gasteiger partial charge in [-0.1, -0.05) is 0 Å². The highest BCUT2D eigenvalue weighted by atomic mass is 19.3. The van der Waals surface area contributed by atoms with Crippen molar-refractivity contribution in [2.75, 3.05) is 12.4 Å². The van der Waals surface area contributed by atoms with E-state index in [-0.39, 0.29) is 23.6 Å². The molecule has 2 atom stereocenters. The molecule has 0 aliphatic heterocycles. The average Bonchev–Trinajstić information content (AvgIpc) is 2.89. The van der Waals surface area contributed by atoms with Gasteiger partial charge in [-0.2, -0.15) is 8.78 Å². The third-order valence-electron chi connectivity index (χ3n) is 3.46. The Hall–Kier alpha value is -1.96. The zero-order valence-corrected chi connectivity index (χ0v) is 11.9. The molecule has 122 valence electrons. The first kappa shape index (κ1) is 16.4. The lowest BCUT2D eigenvalue weighted by Crippen LogP contribution is -2.36. The Bertz CT molecular complexity index is 528. The number of amides is 2. The number of rotatable bonds is 5. The van der Waals surface area contributed by atoms with Crippen LogP contribution in [0.1, 0.15) is 19.3 Å². The van der Waals surface area contributed by atoms with Crippen LogP contribution in [0.2, 0.25) is 0 Å². The van der Waals surface area contributed by atoms with Crippen molar-refractivity contribution in [3.8, 4) is 5.75 Å². The summed E-state index contributed by atoms with van der Waals surface area (Å²) in [5.74, 6) is -0.968. The highest BCUT2D eigenvalue weighted by molar-refractivity contribution is 5.91. The monoisotopic (exact) mass is 318 g/mol. The molecule has 0 unspecified atom stereocenters. The van der Waals surface area contributed by atoms with E-state index in [1.54, 1.807) is 7.11 Å². The quantitative estimate of drug-likeness (QED) is 0.877. The minimum Gasteiger partial charge on any atom is -0.433 e. The van der Waals surface area contributed by atoms with E-state index in [0.29, 0.717) is 6.42 Å². The summed E-state index contributed by atoms with van der Waals surface area (Å²) in [5, 5.41) is 5.02. The van der Waals surface area contributed by atoms with Gasteiger partial charge in [0.2, 0.25) is 0 Å². The van der Waals surface area contributed by atoms with Crippen LogP contribution in [0, 0.1) is 5.82 Å². The van der Waals surface area contributed by atoms with Gasteiger partial charge >= 0.3 is 12.6 Å². The fourth-order valence-electron chi connectivity index (χ4n) is 2.43. The molecule has 1 aliphatic carbocycles. The lowest BCUT2D eigenvalue weighted by molar-refractivity contribution is -0.0494. The molecule has 1 aromatic carbocycles. The third kappa shape index (κ3) is 4.52.